The maximum Gasteiger partial charge on any atom is 0.271 e. The summed E-state index contributed by atoms with van der Waals surface area (Å²) >= 11 is 0. The molecule has 10 heteroatoms. The van der Waals surface area contributed by atoms with E-state index < -0.39 is 21.8 Å². The monoisotopic (exact) mass is 597 g/mol. The second-order valence-electron chi connectivity index (χ2n) is 11.1. The largest absolute Gasteiger partial charge is 0.274 e. The van der Waals surface area contributed by atoms with Crippen LogP contribution in [-0.2, 0) is 19.6 Å². The molecule has 1 aromatic heterocycles. The maximum atomic E-state index is 13.6. The first-order chi connectivity index (χ1) is 20.6. The molecule has 1 unspecified atom stereocenters. The number of sulfonamides is 1. The standard InChI is InChI=1S/C33H35N5O4S/c1-4-5-17-37-32(39)29(24(3)30(20-34)33(37)40)19-26-22-38(27-13-7-6-8-14-27)35-31(26)25-12-9-15-28(18-25)43(41,42)36-16-10-11-23(2)21-36/h6-9,12-15,18-19,22-23H,4-5,10-11,16-17,21H2,1-3H3/b29-19+. The van der Waals surface area contributed by atoms with Gasteiger partial charge < -0.3 is 0 Å². The Labute approximate surface area is 252 Å². The first-order valence-corrected chi connectivity index (χ1v) is 16.0. The van der Waals surface area contributed by atoms with Crippen molar-refractivity contribution in [3.63, 3.8) is 0 Å². The summed E-state index contributed by atoms with van der Waals surface area (Å²) in [7, 11) is -3.72. The molecule has 2 amide bonds. The van der Waals surface area contributed by atoms with Gasteiger partial charge in [0.2, 0.25) is 10.0 Å². The van der Waals surface area contributed by atoms with Crippen LogP contribution in [0, 0.1) is 17.2 Å². The number of carbonyl (C=O) groups excluding carboxylic acids is 2. The summed E-state index contributed by atoms with van der Waals surface area (Å²) in [6, 6.07) is 18.1. The Morgan fingerprint density at radius 1 is 1.09 bits per heavy atom. The molecule has 2 aromatic carbocycles. The van der Waals surface area contributed by atoms with Crippen LogP contribution in [0.5, 0.6) is 0 Å². The Morgan fingerprint density at radius 3 is 2.56 bits per heavy atom. The molecular formula is C33H35N5O4S. The van der Waals surface area contributed by atoms with E-state index in [-0.39, 0.29) is 28.5 Å². The zero-order valence-corrected chi connectivity index (χ0v) is 25.5. The summed E-state index contributed by atoms with van der Waals surface area (Å²) in [5, 5.41) is 14.6. The Bertz CT molecular complexity index is 1770. The van der Waals surface area contributed by atoms with Crippen LogP contribution in [0.3, 0.4) is 0 Å². The molecule has 0 spiro atoms. The van der Waals surface area contributed by atoms with Gasteiger partial charge in [-0.15, -0.1) is 0 Å². The van der Waals surface area contributed by atoms with E-state index in [1.54, 1.807) is 52.4 Å². The maximum absolute atomic E-state index is 13.6. The van der Waals surface area contributed by atoms with Gasteiger partial charge in [0.05, 0.1) is 10.6 Å². The average molecular weight is 598 g/mol. The zero-order chi connectivity index (χ0) is 30.7. The van der Waals surface area contributed by atoms with Crippen LogP contribution >= 0.6 is 0 Å². The van der Waals surface area contributed by atoms with Gasteiger partial charge >= 0.3 is 0 Å². The van der Waals surface area contributed by atoms with Crippen LogP contribution in [0.1, 0.15) is 52.0 Å². The third-order valence-corrected chi connectivity index (χ3v) is 9.85. The fourth-order valence-corrected chi connectivity index (χ4v) is 7.20. The fraction of sp³-hybridized carbons (Fsp3) is 0.333. The van der Waals surface area contributed by atoms with Gasteiger partial charge in [-0.3, -0.25) is 14.5 Å². The summed E-state index contributed by atoms with van der Waals surface area (Å²) in [4.78, 5) is 27.9. The fourth-order valence-electron chi connectivity index (χ4n) is 5.55. The van der Waals surface area contributed by atoms with Crippen molar-refractivity contribution in [2.24, 2.45) is 5.92 Å². The molecule has 222 valence electrons. The number of imide groups is 1. The molecule has 0 aliphatic carbocycles. The molecule has 9 nitrogen and oxygen atoms in total. The predicted molar refractivity (Wildman–Crippen MR) is 164 cm³/mol. The third-order valence-electron chi connectivity index (χ3n) is 7.99. The Balaban J connectivity index is 1.65. The van der Waals surface area contributed by atoms with Gasteiger partial charge in [0, 0.05) is 42.5 Å². The van der Waals surface area contributed by atoms with Crippen molar-refractivity contribution in [2.45, 2.75) is 51.3 Å². The van der Waals surface area contributed by atoms with Gasteiger partial charge in [-0.2, -0.15) is 14.7 Å². The molecule has 43 heavy (non-hydrogen) atoms. The highest BCUT2D eigenvalue weighted by Gasteiger charge is 2.35. The van der Waals surface area contributed by atoms with Crippen molar-refractivity contribution < 1.29 is 18.0 Å². The van der Waals surface area contributed by atoms with Gasteiger partial charge in [-0.1, -0.05) is 50.6 Å². The number of nitriles is 1. The number of rotatable bonds is 8. The van der Waals surface area contributed by atoms with Gasteiger partial charge in [0.15, 0.2) is 0 Å². The number of amides is 2. The van der Waals surface area contributed by atoms with Crippen molar-refractivity contribution >= 4 is 27.9 Å². The summed E-state index contributed by atoms with van der Waals surface area (Å²) in [6.45, 7) is 6.81. The normalized spacial score (nSPS) is 19.3. The van der Waals surface area contributed by atoms with Gasteiger partial charge in [0.1, 0.15) is 17.3 Å². The molecule has 5 rings (SSSR count). The van der Waals surface area contributed by atoms with E-state index in [0.29, 0.717) is 41.9 Å². The van der Waals surface area contributed by atoms with E-state index >= 15 is 0 Å². The molecule has 1 atom stereocenters. The number of benzene rings is 2. The van der Waals surface area contributed by atoms with E-state index in [4.69, 9.17) is 5.10 Å². The number of hydrogen-bond acceptors (Lipinski definition) is 6. The van der Waals surface area contributed by atoms with Crippen LogP contribution in [-0.4, -0.2) is 58.9 Å². The van der Waals surface area contributed by atoms with Crippen LogP contribution in [0.2, 0.25) is 0 Å². The first-order valence-electron chi connectivity index (χ1n) is 14.6. The number of piperidine rings is 1. The Hall–Kier alpha value is -4.33. The van der Waals surface area contributed by atoms with Crippen LogP contribution in [0.15, 0.2) is 82.4 Å². The number of nitrogens with zero attached hydrogens (tertiary/aromatic N) is 5. The van der Waals surface area contributed by atoms with Crippen LogP contribution in [0.4, 0.5) is 0 Å². The lowest BCUT2D eigenvalue weighted by molar-refractivity contribution is -0.140. The molecule has 0 saturated carbocycles. The number of carbonyl (C=O) groups is 2. The van der Waals surface area contributed by atoms with Gasteiger partial charge in [-0.25, -0.2) is 13.1 Å². The number of hydrogen-bond donors (Lipinski definition) is 0. The Morgan fingerprint density at radius 2 is 1.86 bits per heavy atom. The predicted octanol–water partition coefficient (Wildman–Crippen LogP) is 5.35. The summed E-state index contributed by atoms with van der Waals surface area (Å²) in [5.41, 5.74) is 2.83. The second kappa shape index (κ2) is 12.5. The third kappa shape index (κ3) is 5.96. The molecule has 1 fully saturated rings. The number of aromatic nitrogens is 2. The number of para-hydroxylation sites is 1. The topological polar surface area (TPSA) is 116 Å². The minimum atomic E-state index is -3.72. The molecule has 2 aliphatic heterocycles. The number of unbranched alkanes of at least 4 members (excludes halogenated alkanes) is 1. The quantitative estimate of drug-likeness (QED) is 0.255. The zero-order valence-electron chi connectivity index (χ0n) is 24.7. The summed E-state index contributed by atoms with van der Waals surface area (Å²) in [6.07, 6.45) is 6.65. The summed E-state index contributed by atoms with van der Waals surface area (Å²) < 4.78 is 30.5. The van der Waals surface area contributed by atoms with Crippen molar-refractivity contribution in [3.05, 3.63) is 83.1 Å². The van der Waals surface area contributed by atoms with Crippen molar-refractivity contribution in [1.29, 1.82) is 5.26 Å². The van der Waals surface area contributed by atoms with E-state index in [2.05, 4.69) is 6.92 Å². The van der Waals surface area contributed by atoms with Gasteiger partial charge in [-0.05, 0) is 68.0 Å². The molecule has 0 bridgehead atoms. The molecule has 3 heterocycles. The van der Waals surface area contributed by atoms with E-state index in [1.165, 1.54) is 0 Å². The molecular weight excluding hydrogens is 562 g/mol. The summed E-state index contributed by atoms with van der Waals surface area (Å²) in [5.74, 6) is -0.762. The minimum Gasteiger partial charge on any atom is -0.274 e. The molecule has 2 aliphatic rings. The first kappa shape index (κ1) is 30.1. The SMILES string of the molecule is CCCCN1C(=O)C(C#N)=C(C)/C(=C\c2cn(-c3ccccc3)nc2-c2cccc(S(=O)(=O)N3CCCC(C)C3)c2)C1=O. The van der Waals surface area contributed by atoms with Crippen molar-refractivity contribution in [3.8, 4) is 23.0 Å². The highest BCUT2D eigenvalue weighted by Crippen LogP contribution is 2.33. The lowest BCUT2D eigenvalue weighted by Gasteiger charge is -2.30. The Kier molecular flexibility index (Phi) is 8.76. The molecule has 1 saturated heterocycles. The van der Waals surface area contributed by atoms with Crippen LogP contribution < -0.4 is 0 Å². The highest BCUT2D eigenvalue weighted by molar-refractivity contribution is 7.89. The molecule has 0 N–H and O–H groups in total. The molecule has 0 radical (unpaired) electrons. The lowest BCUT2D eigenvalue weighted by Crippen LogP contribution is -2.43. The average Bonchev–Trinajstić information content (AvgIpc) is 3.44. The molecule has 3 aromatic rings. The van der Waals surface area contributed by atoms with Crippen molar-refractivity contribution in [1.82, 2.24) is 19.0 Å². The minimum absolute atomic E-state index is 0.0668. The van der Waals surface area contributed by atoms with Gasteiger partial charge in [0.25, 0.3) is 11.8 Å². The van der Waals surface area contributed by atoms with Crippen LogP contribution in [0.25, 0.3) is 23.0 Å². The van der Waals surface area contributed by atoms with E-state index in [1.807, 2.05) is 43.3 Å². The van der Waals surface area contributed by atoms with E-state index in [9.17, 15) is 23.3 Å². The smallest absolute Gasteiger partial charge is 0.271 e. The van der Waals surface area contributed by atoms with Crippen molar-refractivity contribution in [2.75, 3.05) is 19.6 Å². The second-order valence-corrected chi connectivity index (χ2v) is 13.1. The van der Waals surface area contributed by atoms with E-state index in [0.717, 1.165) is 29.8 Å². The highest BCUT2D eigenvalue weighted by atomic mass is 32.2. The lowest BCUT2D eigenvalue weighted by atomic mass is 9.93.